The summed E-state index contributed by atoms with van der Waals surface area (Å²) in [4.78, 5) is 27.6. The van der Waals surface area contributed by atoms with Crippen molar-refractivity contribution in [1.82, 2.24) is 0 Å². The fourth-order valence-electron chi connectivity index (χ4n) is 1.40. The molecule has 0 N–H and O–H groups in total. The Morgan fingerprint density at radius 2 is 2.06 bits per heavy atom. The van der Waals surface area contributed by atoms with Crippen LogP contribution in [-0.4, -0.2) is 17.5 Å². The number of ketones is 1. The molecule has 0 aromatic carbocycles. The SMILES string of the molecule is CC1=C/C(=N/OC(=O)c2ccco2)C(C)=CC1=O. The zero-order valence-electron chi connectivity index (χ0n) is 9.97. The molecule has 0 bridgehead atoms. The summed E-state index contributed by atoms with van der Waals surface area (Å²) in [6, 6.07) is 3.06. The largest absolute Gasteiger partial charge is 0.457 e. The van der Waals surface area contributed by atoms with Gasteiger partial charge in [0.15, 0.2) is 5.78 Å². The highest BCUT2D eigenvalue weighted by molar-refractivity contribution is 6.21. The molecule has 0 aliphatic heterocycles. The first-order chi connectivity index (χ1) is 8.58. The lowest BCUT2D eigenvalue weighted by atomic mass is 9.99. The Morgan fingerprint density at radius 3 is 2.72 bits per heavy atom. The molecule has 0 saturated carbocycles. The van der Waals surface area contributed by atoms with Crippen molar-refractivity contribution >= 4 is 17.5 Å². The van der Waals surface area contributed by atoms with E-state index in [9.17, 15) is 9.59 Å². The Hall–Kier alpha value is -2.43. The van der Waals surface area contributed by atoms with Crippen LogP contribution in [0.5, 0.6) is 0 Å². The predicted molar refractivity (Wildman–Crippen MR) is 64.1 cm³/mol. The number of carbonyl (C=O) groups is 2. The Bertz CT molecular complexity index is 576. The van der Waals surface area contributed by atoms with Crippen molar-refractivity contribution in [2.45, 2.75) is 13.8 Å². The average molecular weight is 245 g/mol. The molecule has 1 aromatic heterocycles. The molecule has 2 rings (SSSR count). The second-order valence-corrected chi connectivity index (χ2v) is 3.85. The first kappa shape index (κ1) is 12.0. The van der Waals surface area contributed by atoms with E-state index in [0.717, 1.165) is 0 Å². The minimum atomic E-state index is -0.678. The van der Waals surface area contributed by atoms with Crippen LogP contribution in [0.3, 0.4) is 0 Å². The molecule has 0 radical (unpaired) electrons. The predicted octanol–water partition coefficient (Wildman–Crippen LogP) is 2.27. The van der Waals surface area contributed by atoms with Gasteiger partial charge in [0, 0.05) is 0 Å². The van der Waals surface area contributed by atoms with Gasteiger partial charge in [0.05, 0.1) is 6.26 Å². The Kier molecular flexibility index (Phi) is 3.23. The molecule has 18 heavy (non-hydrogen) atoms. The molecule has 0 fully saturated rings. The number of hydrogen-bond acceptors (Lipinski definition) is 5. The smallest absolute Gasteiger partial charge is 0.400 e. The molecular weight excluding hydrogens is 234 g/mol. The van der Waals surface area contributed by atoms with Crippen LogP contribution in [0, 0.1) is 0 Å². The van der Waals surface area contributed by atoms with Gasteiger partial charge in [0.2, 0.25) is 5.76 Å². The highest BCUT2D eigenvalue weighted by Crippen LogP contribution is 2.12. The summed E-state index contributed by atoms with van der Waals surface area (Å²) in [6.07, 6.45) is 4.40. The van der Waals surface area contributed by atoms with Gasteiger partial charge in [-0.1, -0.05) is 5.16 Å². The van der Waals surface area contributed by atoms with E-state index in [1.807, 2.05) is 0 Å². The summed E-state index contributed by atoms with van der Waals surface area (Å²) in [7, 11) is 0. The molecule has 1 heterocycles. The van der Waals surface area contributed by atoms with Gasteiger partial charge < -0.3 is 9.25 Å². The Labute approximate surface area is 103 Å². The molecular formula is C13H11NO4. The van der Waals surface area contributed by atoms with Crippen molar-refractivity contribution in [1.29, 1.82) is 0 Å². The second kappa shape index (κ2) is 4.83. The number of oxime groups is 1. The molecule has 1 aromatic rings. The monoisotopic (exact) mass is 245 g/mol. The van der Waals surface area contributed by atoms with Crippen LogP contribution < -0.4 is 0 Å². The van der Waals surface area contributed by atoms with Crippen molar-refractivity contribution in [3.8, 4) is 0 Å². The minimum Gasteiger partial charge on any atom is -0.457 e. The fraction of sp³-hybridized carbons (Fsp3) is 0.154. The fourth-order valence-corrected chi connectivity index (χ4v) is 1.40. The maximum absolute atomic E-state index is 11.5. The number of rotatable bonds is 2. The van der Waals surface area contributed by atoms with Gasteiger partial charge in [-0.2, -0.15) is 0 Å². The van der Waals surface area contributed by atoms with Crippen molar-refractivity contribution in [2.75, 3.05) is 0 Å². The van der Waals surface area contributed by atoms with Crippen molar-refractivity contribution in [3.05, 3.63) is 47.5 Å². The van der Waals surface area contributed by atoms with E-state index < -0.39 is 5.97 Å². The Balaban J connectivity index is 2.13. The lowest BCUT2D eigenvalue weighted by Crippen LogP contribution is -2.11. The lowest BCUT2D eigenvalue weighted by Gasteiger charge is -2.08. The quantitative estimate of drug-likeness (QED) is 0.455. The molecule has 1 aliphatic rings. The van der Waals surface area contributed by atoms with Gasteiger partial charge in [-0.05, 0) is 49.3 Å². The van der Waals surface area contributed by atoms with Crippen LogP contribution >= 0.6 is 0 Å². The zero-order valence-corrected chi connectivity index (χ0v) is 9.97. The molecule has 1 aliphatic carbocycles. The van der Waals surface area contributed by atoms with Crippen LogP contribution in [-0.2, 0) is 9.63 Å². The normalized spacial score (nSPS) is 17.4. The highest BCUT2D eigenvalue weighted by atomic mass is 16.7. The molecule has 92 valence electrons. The van der Waals surface area contributed by atoms with E-state index in [1.54, 1.807) is 26.0 Å². The zero-order chi connectivity index (χ0) is 13.1. The number of nitrogens with zero attached hydrogens (tertiary/aromatic N) is 1. The average Bonchev–Trinajstić information content (AvgIpc) is 2.85. The van der Waals surface area contributed by atoms with Gasteiger partial charge in [0.1, 0.15) is 5.71 Å². The summed E-state index contributed by atoms with van der Waals surface area (Å²) < 4.78 is 4.87. The van der Waals surface area contributed by atoms with E-state index in [0.29, 0.717) is 16.9 Å². The van der Waals surface area contributed by atoms with Crippen molar-refractivity contribution in [3.63, 3.8) is 0 Å². The first-order valence-corrected chi connectivity index (χ1v) is 5.32. The molecule has 0 saturated heterocycles. The van der Waals surface area contributed by atoms with Crippen LogP contribution in [0.1, 0.15) is 24.4 Å². The van der Waals surface area contributed by atoms with Crippen molar-refractivity contribution in [2.24, 2.45) is 5.16 Å². The topological polar surface area (TPSA) is 68.9 Å². The van der Waals surface area contributed by atoms with Crippen LogP contribution in [0.2, 0.25) is 0 Å². The van der Waals surface area contributed by atoms with Gasteiger partial charge in [-0.3, -0.25) is 4.79 Å². The summed E-state index contributed by atoms with van der Waals surface area (Å²) in [5, 5.41) is 3.72. The van der Waals surface area contributed by atoms with E-state index in [2.05, 4.69) is 5.16 Å². The number of hydrogen-bond donors (Lipinski definition) is 0. The lowest BCUT2D eigenvalue weighted by molar-refractivity contribution is -0.111. The standard InChI is InChI=1S/C13H11NO4/c1-8-7-11(15)9(2)6-10(8)14-18-13(16)12-4-3-5-17-12/h3-7H,1-2H3/b14-10-. The van der Waals surface area contributed by atoms with E-state index >= 15 is 0 Å². The second-order valence-electron chi connectivity index (χ2n) is 3.85. The summed E-state index contributed by atoms with van der Waals surface area (Å²) in [5.74, 6) is -0.666. The summed E-state index contributed by atoms with van der Waals surface area (Å²) in [6.45, 7) is 3.40. The number of carbonyl (C=O) groups excluding carboxylic acids is 2. The third-order valence-corrected chi connectivity index (χ3v) is 2.44. The third-order valence-electron chi connectivity index (χ3n) is 2.44. The molecule has 0 atom stereocenters. The molecule has 0 unspecified atom stereocenters. The van der Waals surface area contributed by atoms with E-state index in [4.69, 9.17) is 9.25 Å². The van der Waals surface area contributed by atoms with Crippen LogP contribution in [0.15, 0.2) is 51.3 Å². The molecule has 5 heteroatoms. The van der Waals surface area contributed by atoms with Crippen LogP contribution in [0.25, 0.3) is 0 Å². The Morgan fingerprint density at radius 1 is 1.28 bits per heavy atom. The van der Waals surface area contributed by atoms with Gasteiger partial charge in [-0.25, -0.2) is 4.79 Å². The van der Waals surface area contributed by atoms with Gasteiger partial charge in [0.25, 0.3) is 0 Å². The number of furan rings is 1. The van der Waals surface area contributed by atoms with E-state index in [-0.39, 0.29) is 11.5 Å². The van der Waals surface area contributed by atoms with Crippen LogP contribution in [0.4, 0.5) is 0 Å². The summed E-state index contributed by atoms with van der Waals surface area (Å²) >= 11 is 0. The highest BCUT2D eigenvalue weighted by Gasteiger charge is 2.15. The number of allylic oxidation sites excluding steroid dienone is 4. The van der Waals surface area contributed by atoms with Gasteiger partial charge >= 0.3 is 5.97 Å². The van der Waals surface area contributed by atoms with Gasteiger partial charge in [-0.15, -0.1) is 0 Å². The van der Waals surface area contributed by atoms with Crippen molar-refractivity contribution < 1.29 is 18.8 Å². The third kappa shape index (κ3) is 2.45. The molecule has 5 nitrogen and oxygen atoms in total. The van der Waals surface area contributed by atoms with E-state index in [1.165, 1.54) is 18.4 Å². The maximum Gasteiger partial charge on any atom is 0.400 e. The first-order valence-electron chi connectivity index (χ1n) is 5.32. The molecule has 0 amide bonds. The minimum absolute atomic E-state index is 0.0659. The summed E-state index contributed by atoms with van der Waals surface area (Å²) in [5.41, 5.74) is 1.65. The maximum atomic E-state index is 11.5. The molecule has 0 spiro atoms.